The molecule has 2 aromatic rings. The van der Waals surface area contributed by atoms with Crippen molar-refractivity contribution in [2.24, 2.45) is 5.92 Å². The van der Waals surface area contributed by atoms with Crippen LogP contribution in [0.5, 0.6) is 0 Å². The Morgan fingerprint density at radius 2 is 2.00 bits per heavy atom. The monoisotopic (exact) mass is 405 g/mol. The minimum absolute atomic E-state index is 0.124. The Morgan fingerprint density at radius 3 is 2.71 bits per heavy atom. The van der Waals surface area contributed by atoms with Crippen LogP contribution in [0.2, 0.25) is 0 Å². The van der Waals surface area contributed by atoms with Crippen LogP contribution >= 0.6 is 11.8 Å². The summed E-state index contributed by atoms with van der Waals surface area (Å²) >= 11 is 1.29. The lowest BCUT2D eigenvalue weighted by Crippen LogP contribution is -2.31. The molecule has 0 unspecified atom stereocenters. The summed E-state index contributed by atoms with van der Waals surface area (Å²) in [7, 11) is 0. The summed E-state index contributed by atoms with van der Waals surface area (Å²) in [4.78, 5) is 12.3. The van der Waals surface area contributed by atoms with Gasteiger partial charge in [-0.05, 0) is 37.0 Å². The van der Waals surface area contributed by atoms with Gasteiger partial charge in [-0.15, -0.1) is 10.2 Å². The lowest BCUT2D eigenvalue weighted by atomic mass is 9.86. The number of nitrogen functional groups attached to an aromatic ring is 1. The number of nitrogens with zero attached hydrogens (tertiary/aromatic N) is 3. The molecule has 3 rings (SSSR count). The van der Waals surface area contributed by atoms with E-state index in [1.807, 2.05) is 0 Å². The normalized spacial score (nSPS) is 16.1. The van der Waals surface area contributed by atoms with Crippen molar-refractivity contribution >= 4 is 17.7 Å². The van der Waals surface area contributed by atoms with Gasteiger partial charge in [0, 0.05) is 13.0 Å². The number of aromatic nitrogens is 3. The van der Waals surface area contributed by atoms with Gasteiger partial charge in [0.25, 0.3) is 0 Å². The third-order valence-corrected chi connectivity index (χ3v) is 6.32. The molecule has 1 amide bonds. The number of hydrogen-bond acceptors (Lipinski definition) is 5. The van der Waals surface area contributed by atoms with Crippen molar-refractivity contribution in [3.63, 3.8) is 0 Å². The topological polar surface area (TPSA) is 85.8 Å². The maximum absolute atomic E-state index is 12.9. The number of rotatable bonds is 8. The molecule has 0 aliphatic heterocycles. The zero-order valence-electron chi connectivity index (χ0n) is 16.2. The molecule has 3 N–H and O–H groups in total. The van der Waals surface area contributed by atoms with E-state index in [0.29, 0.717) is 11.7 Å². The van der Waals surface area contributed by atoms with E-state index in [9.17, 15) is 9.18 Å². The van der Waals surface area contributed by atoms with E-state index in [4.69, 9.17) is 5.84 Å². The van der Waals surface area contributed by atoms with E-state index in [1.165, 1.54) is 60.7 Å². The smallest absolute Gasteiger partial charge is 0.233 e. The van der Waals surface area contributed by atoms with Gasteiger partial charge in [-0.3, -0.25) is 4.79 Å². The molecule has 1 aliphatic carbocycles. The number of carbonyl (C=O) groups is 1. The highest BCUT2D eigenvalue weighted by Crippen LogP contribution is 2.28. The van der Waals surface area contributed by atoms with Crippen LogP contribution < -0.4 is 11.2 Å². The molecule has 6 nitrogen and oxygen atoms in total. The minimum atomic E-state index is -0.363. The number of nitrogens with two attached hydrogens (primary N) is 1. The van der Waals surface area contributed by atoms with Crippen molar-refractivity contribution in [2.75, 3.05) is 5.84 Å². The number of halogens is 1. The molecule has 1 atom stereocenters. The molecular formula is C20H28FN5OS. The molecule has 1 fully saturated rings. The van der Waals surface area contributed by atoms with Crippen LogP contribution in [0.25, 0.3) is 0 Å². The Morgan fingerprint density at radius 1 is 1.29 bits per heavy atom. The van der Waals surface area contributed by atoms with Crippen molar-refractivity contribution in [1.29, 1.82) is 0 Å². The average Bonchev–Trinajstić information content (AvgIpc) is 3.06. The van der Waals surface area contributed by atoms with Gasteiger partial charge in [0.05, 0.1) is 5.25 Å². The molecule has 1 heterocycles. The first kappa shape index (κ1) is 20.6. The molecule has 1 aromatic heterocycles. The number of amides is 1. The lowest BCUT2D eigenvalue weighted by molar-refractivity contribution is -0.120. The number of nitrogens with one attached hydrogen (secondary N) is 1. The first-order chi connectivity index (χ1) is 13.5. The molecule has 0 radical (unpaired) electrons. The minimum Gasteiger partial charge on any atom is -0.351 e. The number of thioether (sulfide) groups is 1. The van der Waals surface area contributed by atoms with Gasteiger partial charge in [0.15, 0.2) is 5.82 Å². The maximum Gasteiger partial charge on any atom is 0.233 e. The van der Waals surface area contributed by atoms with E-state index in [-0.39, 0.29) is 17.0 Å². The first-order valence-electron chi connectivity index (χ1n) is 9.91. The van der Waals surface area contributed by atoms with E-state index < -0.39 is 0 Å². The Balaban J connectivity index is 1.47. The molecule has 28 heavy (non-hydrogen) atoms. The van der Waals surface area contributed by atoms with Crippen LogP contribution in [0.15, 0.2) is 29.4 Å². The standard InChI is InChI=1S/C20H28FN5OS/c1-14(19(27)23-13-16-7-10-17(21)11-8-16)28-20-25-24-18(26(20)22)12-9-15-5-3-2-4-6-15/h7-8,10-11,14-15H,2-6,9,12-13,22H2,1H3,(H,23,27)/t14-/m0/s1. The second-order valence-electron chi connectivity index (χ2n) is 7.42. The van der Waals surface area contributed by atoms with Crippen molar-refractivity contribution < 1.29 is 9.18 Å². The summed E-state index contributed by atoms with van der Waals surface area (Å²) in [5, 5.41) is 11.4. The second-order valence-corrected chi connectivity index (χ2v) is 8.72. The Bertz CT molecular complexity index is 773. The number of carbonyl (C=O) groups excluding carboxylic acids is 1. The predicted molar refractivity (Wildman–Crippen MR) is 109 cm³/mol. The fraction of sp³-hybridized carbons (Fsp3) is 0.550. The summed E-state index contributed by atoms with van der Waals surface area (Å²) in [6.07, 6.45) is 8.51. The van der Waals surface area contributed by atoms with Crippen molar-refractivity contribution in [3.05, 3.63) is 41.5 Å². The molecular weight excluding hydrogens is 377 g/mol. The molecule has 1 saturated carbocycles. The van der Waals surface area contributed by atoms with E-state index in [2.05, 4.69) is 15.5 Å². The molecule has 0 spiro atoms. The quantitative estimate of drug-likeness (QED) is 0.519. The van der Waals surface area contributed by atoms with Crippen LogP contribution in [-0.2, 0) is 17.8 Å². The molecule has 0 saturated heterocycles. The van der Waals surface area contributed by atoms with Gasteiger partial charge in [-0.1, -0.05) is 56.0 Å². The highest BCUT2D eigenvalue weighted by atomic mass is 32.2. The zero-order valence-corrected chi connectivity index (χ0v) is 17.1. The summed E-state index contributed by atoms with van der Waals surface area (Å²) in [6.45, 7) is 2.16. The lowest BCUT2D eigenvalue weighted by Gasteiger charge is -2.20. The van der Waals surface area contributed by atoms with Crippen LogP contribution in [0.3, 0.4) is 0 Å². The van der Waals surface area contributed by atoms with E-state index in [1.54, 1.807) is 19.1 Å². The Hall–Kier alpha value is -2.09. The number of benzene rings is 1. The summed E-state index contributed by atoms with van der Waals surface area (Å²) < 4.78 is 14.4. The molecule has 152 valence electrons. The molecule has 1 aromatic carbocycles. The summed E-state index contributed by atoms with van der Waals surface area (Å²) in [5.41, 5.74) is 0.846. The Kier molecular flexibility index (Phi) is 7.30. The van der Waals surface area contributed by atoms with E-state index >= 15 is 0 Å². The molecule has 8 heteroatoms. The van der Waals surface area contributed by atoms with Crippen LogP contribution in [0, 0.1) is 11.7 Å². The van der Waals surface area contributed by atoms with Crippen LogP contribution in [0.1, 0.15) is 56.8 Å². The summed E-state index contributed by atoms with van der Waals surface area (Å²) in [6, 6.07) is 6.07. The summed E-state index contributed by atoms with van der Waals surface area (Å²) in [5.74, 6) is 7.27. The third-order valence-electron chi connectivity index (χ3n) is 5.27. The van der Waals surface area contributed by atoms with Gasteiger partial charge in [0.2, 0.25) is 11.1 Å². The molecule has 0 bridgehead atoms. The maximum atomic E-state index is 12.9. The number of aryl methyl sites for hydroxylation is 1. The van der Waals surface area contributed by atoms with Crippen molar-refractivity contribution in [1.82, 2.24) is 20.2 Å². The average molecular weight is 406 g/mol. The van der Waals surface area contributed by atoms with Crippen molar-refractivity contribution in [2.45, 2.75) is 68.8 Å². The van der Waals surface area contributed by atoms with Crippen molar-refractivity contribution in [3.8, 4) is 0 Å². The largest absolute Gasteiger partial charge is 0.351 e. The molecule has 1 aliphatic rings. The first-order valence-corrected chi connectivity index (χ1v) is 10.8. The highest BCUT2D eigenvalue weighted by molar-refractivity contribution is 8.00. The third kappa shape index (κ3) is 5.70. The van der Waals surface area contributed by atoms with Crippen LogP contribution in [-0.4, -0.2) is 26.0 Å². The zero-order chi connectivity index (χ0) is 19.9. The fourth-order valence-corrected chi connectivity index (χ4v) is 4.33. The predicted octanol–water partition coefficient (Wildman–Crippen LogP) is 3.44. The highest BCUT2D eigenvalue weighted by Gasteiger charge is 2.20. The van der Waals surface area contributed by atoms with Gasteiger partial charge >= 0.3 is 0 Å². The van der Waals surface area contributed by atoms with Gasteiger partial charge in [-0.2, -0.15) is 0 Å². The fourth-order valence-electron chi connectivity index (χ4n) is 3.51. The van der Waals surface area contributed by atoms with Gasteiger partial charge in [-0.25, -0.2) is 9.07 Å². The number of hydrogen-bond donors (Lipinski definition) is 2. The van der Waals surface area contributed by atoms with Gasteiger partial charge in [0.1, 0.15) is 5.82 Å². The second kappa shape index (κ2) is 9.91. The SMILES string of the molecule is C[C@H](Sc1nnc(CCC2CCCCC2)n1N)C(=O)NCc1ccc(F)cc1. The van der Waals surface area contributed by atoms with E-state index in [0.717, 1.165) is 30.1 Å². The Labute approximate surface area is 169 Å². The van der Waals surface area contributed by atoms with Crippen LogP contribution in [0.4, 0.5) is 4.39 Å². The van der Waals surface area contributed by atoms with Gasteiger partial charge < -0.3 is 11.2 Å².